The van der Waals surface area contributed by atoms with E-state index in [1.807, 2.05) is 6.92 Å². The first-order valence-electron chi connectivity index (χ1n) is 6.64. The van der Waals surface area contributed by atoms with Crippen LogP contribution >= 0.6 is 23.2 Å². The Morgan fingerprint density at radius 2 is 2.14 bits per heavy atom. The third-order valence-electron chi connectivity index (χ3n) is 2.97. The van der Waals surface area contributed by atoms with Crippen molar-refractivity contribution < 1.29 is 14.6 Å². The van der Waals surface area contributed by atoms with Gasteiger partial charge >= 0.3 is 6.03 Å². The largest absolute Gasteiger partial charge is 0.387 e. The molecule has 118 valence electrons. The number of aliphatic hydroxyl groups excluding tert-OH is 1. The molecule has 3 N–H and O–H groups in total. The van der Waals surface area contributed by atoms with E-state index in [1.165, 1.54) is 0 Å². The maximum absolute atomic E-state index is 11.7. The van der Waals surface area contributed by atoms with Crippen molar-refractivity contribution in [3.8, 4) is 0 Å². The van der Waals surface area contributed by atoms with Gasteiger partial charge in [-0.05, 0) is 18.6 Å². The first-order valence-corrected chi connectivity index (χ1v) is 7.39. The molecule has 1 rings (SSSR count). The first kappa shape index (κ1) is 18.0. The summed E-state index contributed by atoms with van der Waals surface area (Å²) in [5.41, 5.74) is 0.519. The lowest BCUT2D eigenvalue weighted by Gasteiger charge is -2.18. The number of carbonyl (C=O) groups excluding carboxylic acids is 1. The smallest absolute Gasteiger partial charge is 0.315 e. The number of hydrogen-bond donors (Lipinski definition) is 3. The van der Waals surface area contributed by atoms with Crippen LogP contribution in [0.5, 0.6) is 0 Å². The summed E-state index contributed by atoms with van der Waals surface area (Å²) in [5, 5.41) is 16.3. The standard InChI is InChI=1S/C14H20Cl2N2O3/c1-3-10(8-21-2)18-14(20)17-7-13(19)11-5-4-9(15)6-12(11)16/h4-6,10,13,19H,3,7-8H2,1-2H3,(H2,17,18,20). The van der Waals surface area contributed by atoms with E-state index in [0.29, 0.717) is 22.2 Å². The second kappa shape index (κ2) is 9.10. The summed E-state index contributed by atoms with van der Waals surface area (Å²) in [5.74, 6) is 0. The lowest BCUT2D eigenvalue weighted by molar-refractivity contribution is 0.157. The van der Waals surface area contributed by atoms with E-state index in [0.717, 1.165) is 6.42 Å². The summed E-state index contributed by atoms with van der Waals surface area (Å²) >= 11 is 11.8. The van der Waals surface area contributed by atoms with Gasteiger partial charge in [0.15, 0.2) is 0 Å². The predicted octanol–water partition coefficient (Wildman–Crippen LogP) is 2.75. The van der Waals surface area contributed by atoms with Crippen LogP contribution in [-0.2, 0) is 4.74 Å². The molecule has 0 bridgehead atoms. The zero-order chi connectivity index (χ0) is 15.8. The lowest BCUT2D eigenvalue weighted by atomic mass is 10.1. The summed E-state index contributed by atoms with van der Waals surface area (Å²) in [6, 6.07) is 4.40. The number of benzene rings is 1. The molecule has 0 spiro atoms. The number of carbonyl (C=O) groups is 1. The average Bonchev–Trinajstić information content (AvgIpc) is 2.44. The molecule has 0 heterocycles. The fraction of sp³-hybridized carbons (Fsp3) is 0.500. The van der Waals surface area contributed by atoms with Crippen molar-refractivity contribution >= 4 is 29.2 Å². The molecule has 2 atom stereocenters. The Bertz CT molecular complexity index is 472. The Hall–Kier alpha value is -1.01. The molecule has 0 saturated heterocycles. The summed E-state index contributed by atoms with van der Waals surface area (Å²) in [4.78, 5) is 11.7. The fourth-order valence-electron chi connectivity index (χ4n) is 1.77. The third kappa shape index (κ3) is 6.09. The molecular formula is C14H20Cl2N2O3. The number of methoxy groups -OCH3 is 1. The van der Waals surface area contributed by atoms with Crippen molar-refractivity contribution in [2.45, 2.75) is 25.5 Å². The van der Waals surface area contributed by atoms with E-state index in [-0.39, 0.29) is 18.6 Å². The van der Waals surface area contributed by atoms with Crippen LogP contribution in [0, 0.1) is 0 Å². The molecule has 0 aliphatic rings. The van der Waals surface area contributed by atoms with E-state index in [9.17, 15) is 9.90 Å². The van der Waals surface area contributed by atoms with Gasteiger partial charge in [0.05, 0.1) is 18.8 Å². The highest BCUT2D eigenvalue weighted by atomic mass is 35.5. The van der Waals surface area contributed by atoms with Crippen LogP contribution in [0.15, 0.2) is 18.2 Å². The molecule has 2 unspecified atom stereocenters. The van der Waals surface area contributed by atoms with Crippen LogP contribution in [0.2, 0.25) is 10.0 Å². The molecule has 2 amide bonds. The van der Waals surface area contributed by atoms with E-state index in [2.05, 4.69) is 10.6 Å². The van der Waals surface area contributed by atoms with Crippen LogP contribution < -0.4 is 10.6 Å². The Morgan fingerprint density at radius 3 is 2.71 bits per heavy atom. The Morgan fingerprint density at radius 1 is 1.43 bits per heavy atom. The van der Waals surface area contributed by atoms with Crippen LogP contribution in [0.25, 0.3) is 0 Å². The number of amides is 2. The van der Waals surface area contributed by atoms with Gasteiger partial charge in [-0.15, -0.1) is 0 Å². The maximum Gasteiger partial charge on any atom is 0.315 e. The Balaban J connectivity index is 2.48. The van der Waals surface area contributed by atoms with E-state index < -0.39 is 6.10 Å². The summed E-state index contributed by atoms with van der Waals surface area (Å²) in [6.07, 6.45) is -0.143. The number of nitrogens with one attached hydrogen (secondary N) is 2. The number of hydrogen-bond acceptors (Lipinski definition) is 3. The van der Waals surface area contributed by atoms with Crippen LogP contribution in [-0.4, -0.2) is 37.4 Å². The van der Waals surface area contributed by atoms with Gasteiger partial charge in [0.1, 0.15) is 0 Å². The average molecular weight is 335 g/mol. The highest BCUT2D eigenvalue weighted by molar-refractivity contribution is 6.35. The molecule has 1 aromatic carbocycles. The number of urea groups is 1. The quantitative estimate of drug-likeness (QED) is 0.718. The number of rotatable bonds is 7. The first-order chi connectivity index (χ1) is 9.97. The van der Waals surface area contributed by atoms with Crippen molar-refractivity contribution in [1.82, 2.24) is 10.6 Å². The molecule has 0 aliphatic heterocycles. The second-order valence-electron chi connectivity index (χ2n) is 4.60. The Labute approximate surface area is 134 Å². The monoisotopic (exact) mass is 334 g/mol. The van der Waals surface area contributed by atoms with Crippen molar-refractivity contribution in [2.24, 2.45) is 0 Å². The molecule has 0 saturated carbocycles. The molecule has 0 fully saturated rings. The highest BCUT2D eigenvalue weighted by Crippen LogP contribution is 2.25. The third-order valence-corrected chi connectivity index (χ3v) is 3.54. The predicted molar refractivity (Wildman–Crippen MR) is 83.9 cm³/mol. The van der Waals surface area contributed by atoms with Gasteiger partial charge in [-0.3, -0.25) is 0 Å². The molecule has 5 nitrogen and oxygen atoms in total. The van der Waals surface area contributed by atoms with Gasteiger partial charge in [0, 0.05) is 29.3 Å². The van der Waals surface area contributed by atoms with Crippen LogP contribution in [0.3, 0.4) is 0 Å². The maximum atomic E-state index is 11.7. The van der Waals surface area contributed by atoms with Crippen molar-refractivity contribution in [2.75, 3.05) is 20.3 Å². The molecule has 0 aliphatic carbocycles. The minimum Gasteiger partial charge on any atom is -0.387 e. The van der Waals surface area contributed by atoms with Gasteiger partial charge < -0.3 is 20.5 Å². The molecule has 21 heavy (non-hydrogen) atoms. The van der Waals surface area contributed by atoms with Gasteiger partial charge in [0.25, 0.3) is 0 Å². The summed E-state index contributed by atoms with van der Waals surface area (Å²) in [6.45, 7) is 2.44. The fourth-order valence-corrected chi connectivity index (χ4v) is 2.30. The number of ether oxygens (including phenoxy) is 1. The van der Waals surface area contributed by atoms with Gasteiger partial charge in [-0.1, -0.05) is 36.2 Å². The van der Waals surface area contributed by atoms with Crippen LogP contribution in [0.4, 0.5) is 4.79 Å². The zero-order valence-corrected chi connectivity index (χ0v) is 13.5. The van der Waals surface area contributed by atoms with E-state index >= 15 is 0 Å². The Kier molecular flexibility index (Phi) is 7.82. The molecule has 7 heteroatoms. The van der Waals surface area contributed by atoms with E-state index in [1.54, 1.807) is 25.3 Å². The van der Waals surface area contributed by atoms with E-state index in [4.69, 9.17) is 27.9 Å². The van der Waals surface area contributed by atoms with Gasteiger partial charge in [-0.25, -0.2) is 4.79 Å². The lowest BCUT2D eigenvalue weighted by Crippen LogP contribution is -2.44. The molecule has 0 radical (unpaired) electrons. The zero-order valence-electron chi connectivity index (χ0n) is 12.0. The topological polar surface area (TPSA) is 70.6 Å². The van der Waals surface area contributed by atoms with Crippen molar-refractivity contribution in [3.05, 3.63) is 33.8 Å². The number of aliphatic hydroxyl groups is 1. The number of halogens is 2. The van der Waals surface area contributed by atoms with Crippen molar-refractivity contribution in [1.29, 1.82) is 0 Å². The molecule has 1 aromatic rings. The minimum absolute atomic E-state index is 0.0522. The normalized spacial score (nSPS) is 13.6. The van der Waals surface area contributed by atoms with Crippen LogP contribution in [0.1, 0.15) is 25.0 Å². The SMILES string of the molecule is CCC(COC)NC(=O)NCC(O)c1ccc(Cl)cc1Cl. The molecule has 0 aromatic heterocycles. The van der Waals surface area contributed by atoms with Gasteiger partial charge in [0.2, 0.25) is 0 Å². The summed E-state index contributed by atoms with van der Waals surface area (Å²) in [7, 11) is 1.58. The van der Waals surface area contributed by atoms with Crippen molar-refractivity contribution in [3.63, 3.8) is 0 Å². The highest BCUT2D eigenvalue weighted by Gasteiger charge is 2.14. The minimum atomic E-state index is -0.900. The van der Waals surface area contributed by atoms with Gasteiger partial charge in [-0.2, -0.15) is 0 Å². The summed E-state index contributed by atoms with van der Waals surface area (Å²) < 4.78 is 5.00. The molecular weight excluding hydrogens is 315 g/mol. The second-order valence-corrected chi connectivity index (χ2v) is 5.44.